The summed E-state index contributed by atoms with van der Waals surface area (Å²) in [6, 6.07) is 7.34. The molecule has 0 radical (unpaired) electrons. The fraction of sp³-hybridized carbons (Fsp3) is 0.636. The van der Waals surface area contributed by atoms with Crippen LogP contribution in [-0.2, 0) is 4.79 Å². The van der Waals surface area contributed by atoms with Crippen molar-refractivity contribution in [1.82, 2.24) is 10.6 Å². The van der Waals surface area contributed by atoms with E-state index in [0.29, 0.717) is 29.7 Å². The number of para-hydroxylation sites is 1. The maximum absolute atomic E-state index is 12.2. The van der Waals surface area contributed by atoms with Crippen LogP contribution in [0.1, 0.15) is 69.7 Å². The molecule has 0 saturated heterocycles. The van der Waals surface area contributed by atoms with Gasteiger partial charge in [0.15, 0.2) is 0 Å². The van der Waals surface area contributed by atoms with Gasteiger partial charge in [0.25, 0.3) is 5.91 Å². The van der Waals surface area contributed by atoms with Crippen LogP contribution in [0.2, 0.25) is 0 Å². The molecule has 0 aliphatic heterocycles. The van der Waals surface area contributed by atoms with E-state index in [-0.39, 0.29) is 17.9 Å². The molecule has 0 atom stereocenters. The maximum atomic E-state index is 12.2. The molecule has 5 heteroatoms. The standard InChI is InChI=1S/C22H34N2O3/c1-5-22(2,3)16-10-12-17(13-11-16)24-20(25)14-15-23-21(26)18-8-6-7-9-19(18)27-4/h6-9,16-17H,5,10-15H2,1-4H3,(H,23,26)(H,24,25). The van der Waals surface area contributed by atoms with E-state index in [1.54, 1.807) is 18.2 Å². The van der Waals surface area contributed by atoms with E-state index in [0.717, 1.165) is 18.8 Å². The van der Waals surface area contributed by atoms with Crippen LogP contribution < -0.4 is 15.4 Å². The van der Waals surface area contributed by atoms with Crippen molar-refractivity contribution in [1.29, 1.82) is 0 Å². The van der Waals surface area contributed by atoms with E-state index in [2.05, 4.69) is 31.4 Å². The topological polar surface area (TPSA) is 67.4 Å². The van der Waals surface area contributed by atoms with Crippen LogP contribution in [-0.4, -0.2) is 31.5 Å². The average molecular weight is 375 g/mol. The smallest absolute Gasteiger partial charge is 0.255 e. The van der Waals surface area contributed by atoms with Crippen molar-refractivity contribution < 1.29 is 14.3 Å². The summed E-state index contributed by atoms with van der Waals surface area (Å²) < 4.78 is 5.19. The van der Waals surface area contributed by atoms with E-state index in [9.17, 15) is 9.59 Å². The first-order valence-electron chi connectivity index (χ1n) is 10.1. The molecule has 0 spiro atoms. The second kappa shape index (κ2) is 9.77. The van der Waals surface area contributed by atoms with Gasteiger partial charge in [-0.15, -0.1) is 0 Å². The second-order valence-corrected chi connectivity index (χ2v) is 8.16. The molecule has 2 N–H and O–H groups in total. The summed E-state index contributed by atoms with van der Waals surface area (Å²) in [6.07, 6.45) is 5.94. The van der Waals surface area contributed by atoms with Gasteiger partial charge in [0.1, 0.15) is 5.75 Å². The van der Waals surface area contributed by atoms with Crippen molar-refractivity contribution in [2.75, 3.05) is 13.7 Å². The Morgan fingerprint density at radius 3 is 2.44 bits per heavy atom. The van der Waals surface area contributed by atoms with Crippen molar-refractivity contribution >= 4 is 11.8 Å². The zero-order valence-electron chi connectivity index (χ0n) is 17.1. The van der Waals surface area contributed by atoms with E-state index in [1.807, 2.05) is 6.07 Å². The molecule has 2 rings (SSSR count). The number of amides is 2. The van der Waals surface area contributed by atoms with Crippen LogP contribution in [0, 0.1) is 11.3 Å². The van der Waals surface area contributed by atoms with E-state index in [4.69, 9.17) is 4.74 Å². The normalized spacial score (nSPS) is 20.0. The molecule has 1 aliphatic rings. The zero-order chi connectivity index (χ0) is 19.9. The van der Waals surface area contributed by atoms with Gasteiger partial charge in [-0.3, -0.25) is 9.59 Å². The first kappa shape index (κ1) is 21.3. The quantitative estimate of drug-likeness (QED) is 0.724. The zero-order valence-corrected chi connectivity index (χ0v) is 17.1. The Kier molecular flexibility index (Phi) is 7.69. The van der Waals surface area contributed by atoms with Crippen LogP contribution >= 0.6 is 0 Å². The first-order valence-corrected chi connectivity index (χ1v) is 10.1. The van der Waals surface area contributed by atoms with Gasteiger partial charge in [0.2, 0.25) is 5.91 Å². The van der Waals surface area contributed by atoms with Crippen LogP contribution in [0.3, 0.4) is 0 Å². The van der Waals surface area contributed by atoms with Gasteiger partial charge in [-0.2, -0.15) is 0 Å². The number of carbonyl (C=O) groups is 2. The van der Waals surface area contributed by atoms with Crippen LogP contribution in [0.5, 0.6) is 5.75 Å². The Morgan fingerprint density at radius 1 is 1.15 bits per heavy atom. The minimum Gasteiger partial charge on any atom is -0.496 e. The third-order valence-corrected chi connectivity index (χ3v) is 6.10. The van der Waals surface area contributed by atoms with Gasteiger partial charge in [0.05, 0.1) is 12.7 Å². The summed E-state index contributed by atoms with van der Waals surface area (Å²) in [5.74, 6) is 1.07. The molecule has 0 heterocycles. The average Bonchev–Trinajstić information content (AvgIpc) is 2.68. The van der Waals surface area contributed by atoms with Gasteiger partial charge in [-0.25, -0.2) is 0 Å². The number of nitrogens with one attached hydrogen (secondary N) is 2. The lowest BCUT2D eigenvalue weighted by Gasteiger charge is -2.39. The van der Waals surface area contributed by atoms with Crippen LogP contribution in [0.15, 0.2) is 24.3 Å². The summed E-state index contributed by atoms with van der Waals surface area (Å²) in [7, 11) is 1.54. The number of hydrogen-bond donors (Lipinski definition) is 2. The molecule has 27 heavy (non-hydrogen) atoms. The molecule has 1 fully saturated rings. The summed E-state index contributed by atoms with van der Waals surface area (Å²) in [4.78, 5) is 24.4. The first-order chi connectivity index (χ1) is 12.9. The molecule has 0 aromatic heterocycles. The van der Waals surface area contributed by atoms with Gasteiger partial charge in [0, 0.05) is 19.0 Å². The Morgan fingerprint density at radius 2 is 1.81 bits per heavy atom. The number of ether oxygens (including phenoxy) is 1. The van der Waals surface area contributed by atoms with Gasteiger partial charge < -0.3 is 15.4 Å². The highest BCUT2D eigenvalue weighted by Crippen LogP contribution is 2.40. The van der Waals surface area contributed by atoms with Gasteiger partial charge in [-0.1, -0.05) is 39.3 Å². The second-order valence-electron chi connectivity index (χ2n) is 8.16. The Balaban J connectivity index is 1.70. The fourth-order valence-electron chi connectivity index (χ4n) is 3.82. The number of hydrogen-bond acceptors (Lipinski definition) is 3. The minimum atomic E-state index is -0.220. The lowest BCUT2D eigenvalue weighted by Crippen LogP contribution is -2.41. The summed E-state index contributed by atoms with van der Waals surface area (Å²) >= 11 is 0. The predicted octanol–water partition coefficient (Wildman–Crippen LogP) is 3.93. The van der Waals surface area contributed by atoms with E-state index in [1.165, 1.54) is 26.4 Å². The lowest BCUT2D eigenvalue weighted by molar-refractivity contribution is -0.122. The monoisotopic (exact) mass is 374 g/mol. The minimum absolute atomic E-state index is 0.00790. The molecule has 1 aromatic carbocycles. The highest BCUT2D eigenvalue weighted by Gasteiger charge is 2.32. The number of benzene rings is 1. The largest absolute Gasteiger partial charge is 0.496 e. The molecule has 1 saturated carbocycles. The molecule has 150 valence electrons. The summed E-state index contributed by atoms with van der Waals surface area (Å²) in [5, 5.41) is 5.93. The molecule has 1 aliphatic carbocycles. The fourth-order valence-corrected chi connectivity index (χ4v) is 3.82. The molecule has 5 nitrogen and oxygen atoms in total. The maximum Gasteiger partial charge on any atom is 0.255 e. The van der Waals surface area contributed by atoms with E-state index >= 15 is 0 Å². The third kappa shape index (κ3) is 5.98. The summed E-state index contributed by atoms with van der Waals surface area (Å²) in [5.41, 5.74) is 0.870. The number of carbonyl (C=O) groups excluding carboxylic acids is 2. The predicted molar refractivity (Wildman–Crippen MR) is 108 cm³/mol. The molecular formula is C22H34N2O3. The SMILES string of the molecule is CCC(C)(C)C1CCC(NC(=O)CCNC(=O)c2ccccc2OC)CC1. The van der Waals surface area contributed by atoms with Crippen molar-refractivity contribution in [2.24, 2.45) is 11.3 Å². The number of methoxy groups -OCH3 is 1. The Hall–Kier alpha value is -2.04. The molecular weight excluding hydrogens is 340 g/mol. The van der Waals surface area contributed by atoms with Crippen molar-refractivity contribution in [3.05, 3.63) is 29.8 Å². The molecule has 1 aromatic rings. The Labute approximate surface area is 163 Å². The lowest BCUT2D eigenvalue weighted by atomic mass is 9.69. The van der Waals surface area contributed by atoms with Crippen molar-refractivity contribution in [3.63, 3.8) is 0 Å². The van der Waals surface area contributed by atoms with E-state index < -0.39 is 0 Å². The van der Waals surface area contributed by atoms with Crippen LogP contribution in [0.25, 0.3) is 0 Å². The third-order valence-electron chi connectivity index (χ3n) is 6.10. The van der Waals surface area contributed by atoms with Gasteiger partial charge >= 0.3 is 0 Å². The van der Waals surface area contributed by atoms with Gasteiger partial charge in [-0.05, 0) is 49.1 Å². The molecule has 0 bridgehead atoms. The highest BCUT2D eigenvalue weighted by atomic mass is 16.5. The number of rotatable bonds is 8. The van der Waals surface area contributed by atoms with Crippen molar-refractivity contribution in [3.8, 4) is 5.75 Å². The Bertz CT molecular complexity index is 634. The summed E-state index contributed by atoms with van der Waals surface area (Å²) in [6.45, 7) is 7.27. The molecule has 0 unspecified atom stereocenters. The van der Waals surface area contributed by atoms with Crippen LogP contribution in [0.4, 0.5) is 0 Å². The van der Waals surface area contributed by atoms with Crippen molar-refractivity contribution in [2.45, 2.75) is 65.3 Å². The molecule has 2 amide bonds. The highest BCUT2D eigenvalue weighted by molar-refractivity contribution is 5.97.